The fraction of sp³-hybridized carbons (Fsp3) is 0.625. The zero-order valence-corrected chi connectivity index (χ0v) is 13.2. The largest absolute Gasteiger partial charge is 0.306 e. The predicted molar refractivity (Wildman–Crippen MR) is 84.4 cm³/mol. The molecule has 1 aliphatic rings. The summed E-state index contributed by atoms with van der Waals surface area (Å²) in [4.78, 5) is 15.5. The van der Waals surface area contributed by atoms with Crippen molar-refractivity contribution in [3.05, 3.63) is 39.4 Å². The van der Waals surface area contributed by atoms with Crippen LogP contribution in [0.4, 0.5) is 5.69 Å². The SMILES string of the molecule is Cc1ccc(CN2CCC[C@H](N(C)C)CC2)cc1[N+](=O)[O-]. The first kappa shape index (κ1) is 15.9. The van der Waals surface area contributed by atoms with Gasteiger partial charge in [-0.25, -0.2) is 0 Å². The van der Waals surface area contributed by atoms with E-state index in [2.05, 4.69) is 23.9 Å². The molecule has 2 rings (SSSR count). The second-order valence-electron chi connectivity index (χ2n) is 6.20. The van der Waals surface area contributed by atoms with Crippen LogP contribution in [0.15, 0.2) is 18.2 Å². The molecule has 1 fully saturated rings. The second-order valence-corrected chi connectivity index (χ2v) is 6.20. The summed E-state index contributed by atoms with van der Waals surface area (Å²) in [7, 11) is 4.29. The lowest BCUT2D eigenvalue weighted by atomic mass is 10.1. The highest BCUT2D eigenvalue weighted by Gasteiger charge is 2.19. The van der Waals surface area contributed by atoms with E-state index < -0.39 is 0 Å². The van der Waals surface area contributed by atoms with Crippen molar-refractivity contribution in [2.45, 2.75) is 38.8 Å². The van der Waals surface area contributed by atoms with Gasteiger partial charge in [-0.1, -0.05) is 12.1 Å². The first-order valence-electron chi connectivity index (χ1n) is 7.60. The van der Waals surface area contributed by atoms with Crippen molar-refractivity contribution in [1.29, 1.82) is 0 Å². The molecule has 1 saturated heterocycles. The Morgan fingerprint density at radius 2 is 2.10 bits per heavy atom. The summed E-state index contributed by atoms with van der Waals surface area (Å²) in [6.45, 7) is 4.73. The van der Waals surface area contributed by atoms with Crippen molar-refractivity contribution in [3.8, 4) is 0 Å². The molecule has 116 valence electrons. The maximum absolute atomic E-state index is 11.0. The van der Waals surface area contributed by atoms with Crippen molar-refractivity contribution < 1.29 is 4.92 Å². The minimum absolute atomic E-state index is 0.230. The van der Waals surface area contributed by atoms with Crippen LogP contribution in [0.2, 0.25) is 0 Å². The summed E-state index contributed by atoms with van der Waals surface area (Å²) in [6.07, 6.45) is 3.59. The predicted octanol–water partition coefficient (Wildman–Crippen LogP) is 2.82. The highest BCUT2D eigenvalue weighted by atomic mass is 16.6. The molecule has 0 amide bonds. The minimum Gasteiger partial charge on any atom is -0.306 e. The zero-order valence-electron chi connectivity index (χ0n) is 13.2. The Labute approximate surface area is 126 Å². The van der Waals surface area contributed by atoms with E-state index in [1.165, 1.54) is 19.3 Å². The van der Waals surface area contributed by atoms with E-state index in [0.717, 1.165) is 30.8 Å². The Kier molecular flexibility index (Phi) is 5.31. The molecular weight excluding hydrogens is 266 g/mol. The number of nitro benzene ring substituents is 1. The van der Waals surface area contributed by atoms with Gasteiger partial charge in [0.15, 0.2) is 0 Å². The van der Waals surface area contributed by atoms with Crippen LogP contribution in [-0.2, 0) is 6.54 Å². The molecule has 1 aromatic carbocycles. The molecule has 0 spiro atoms. The van der Waals surface area contributed by atoms with E-state index in [1.807, 2.05) is 12.1 Å². The first-order chi connectivity index (χ1) is 9.97. The summed E-state index contributed by atoms with van der Waals surface area (Å²) >= 11 is 0. The highest BCUT2D eigenvalue weighted by molar-refractivity contribution is 5.42. The van der Waals surface area contributed by atoms with Crippen molar-refractivity contribution in [3.63, 3.8) is 0 Å². The quantitative estimate of drug-likeness (QED) is 0.632. The summed E-state index contributed by atoms with van der Waals surface area (Å²) in [5.41, 5.74) is 2.00. The summed E-state index contributed by atoms with van der Waals surface area (Å²) in [5, 5.41) is 11.0. The van der Waals surface area contributed by atoms with E-state index in [9.17, 15) is 10.1 Å². The number of nitrogens with zero attached hydrogens (tertiary/aromatic N) is 3. The van der Waals surface area contributed by atoms with E-state index in [4.69, 9.17) is 0 Å². The molecule has 0 unspecified atom stereocenters. The van der Waals surface area contributed by atoms with Crippen LogP contribution in [0.25, 0.3) is 0 Å². The van der Waals surface area contributed by atoms with Gasteiger partial charge in [-0.3, -0.25) is 15.0 Å². The number of rotatable bonds is 4. The van der Waals surface area contributed by atoms with Crippen LogP contribution >= 0.6 is 0 Å². The number of aryl methyl sites for hydroxylation is 1. The van der Waals surface area contributed by atoms with Crippen LogP contribution < -0.4 is 0 Å². The van der Waals surface area contributed by atoms with Gasteiger partial charge in [0.2, 0.25) is 0 Å². The third-order valence-electron chi connectivity index (χ3n) is 4.40. The van der Waals surface area contributed by atoms with E-state index >= 15 is 0 Å². The van der Waals surface area contributed by atoms with Crippen molar-refractivity contribution >= 4 is 5.69 Å². The van der Waals surface area contributed by atoms with Crippen LogP contribution in [-0.4, -0.2) is 47.9 Å². The molecule has 1 aliphatic heterocycles. The lowest BCUT2D eigenvalue weighted by molar-refractivity contribution is -0.385. The molecule has 21 heavy (non-hydrogen) atoms. The number of likely N-dealkylation sites (tertiary alicyclic amines) is 1. The maximum Gasteiger partial charge on any atom is 0.272 e. The third-order valence-corrected chi connectivity index (χ3v) is 4.40. The number of hydrogen-bond acceptors (Lipinski definition) is 4. The van der Waals surface area contributed by atoms with Crippen molar-refractivity contribution in [2.75, 3.05) is 27.2 Å². The van der Waals surface area contributed by atoms with Gasteiger partial charge in [0, 0.05) is 24.2 Å². The molecule has 5 heteroatoms. The van der Waals surface area contributed by atoms with Crippen LogP contribution in [0, 0.1) is 17.0 Å². The summed E-state index contributed by atoms with van der Waals surface area (Å²) in [6, 6.07) is 6.25. The van der Waals surface area contributed by atoms with Gasteiger partial charge in [0.05, 0.1) is 4.92 Å². The van der Waals surface area contributed by atoms with Gasteiger partial charge in [-0.2, -0.15) is 0 Å². The molecule has 0 N–H and O–H groups in total. The molecule has 1 heterocycles. The lowest BCUT2D eigenvalue weighted by Gasteiger charge is -2.23. The topological polar surface area (TPSA) is 49.6 Å². The van der Waals surface area contributed by atoms with Crippen LogP contribution in [0.1, 0.15) is 30.4 Å². The van der Waals surface area contributed by atoms with Gasteiger partial charge in [0.25, 0.3) is 5.69 Å². The Morgan fingerprint density at radius 1 is 1.33 bits per heavy atom. The Bertz CT molecular complexity index is 502. The average Bonchev–Trinajstić information content (AvgIpc) is 2.66. The normalized spacial score (nSPS) is 20.5. The Balaban J connectivity index is 2.01. The van der Waals surface area contributed by atoms with E-state index in [-0.39, 0.29) is 10.6 Å². The maximum atomic E-state index is 11.0. The molecule has 0 saturated carbocycles. The fourth-order valence-electron chi connectivity index (χ4n) is 3.02. The van der Waals surface area contributed by atoms with Gasteiger partial charge < -0.3 is 4.90 Å². The Morgan fingerprint density at radius 3 is 2.76 bits per heavy atom. The minimum atomic E-state index is -0.288. The zero-order chi connectivity index (χ0) is 15.4. The number of nitro groups is 1. The molecule has 1 aromatic rings. The third kappa shape index (κ3) is 4.25. The van der Waals surface area contributed by atoms with Gasteiger partial charge in [-0.05, 0) is 58.9 Å². The molecular formula is C16H25N3O2. The number of hydrogen-bond donors (Lipinski definition) is 0. The van der Waals surface area contributed by atoms with E-state index in [1.54, 1.807) is 13.0 Å². The first-order valence-corrected chi connectivity index (χ1v) is 7.60. The molecule has 0 aliphatic carbocycles. The van der Waals surface area contributed by atoms with Crippen LogP contribution in [0.5, 0.6) is 0 Å². The van der Waals surface area contributed by atoms with Gasteiger partial charge >= 0.3 is 0 Å². The molecule has 0 radical (unpaired) electrons. The highest BCUT2D eigenvalue weighted by Crippen LogP contribution is 2.22. The summed E-state index contributed by atoms with van der Waals surface area (Å²) < 4.78 is 0. The molecule has 5 nitrogen and oxygen atoms in total. The smallest absolute Gasteiger partial charge is 0.272 e. The lowest BCUT2D eigenvalue weighted by Crippen LogP contribution is -2.29. The van der Waals surface area contributed by atoms with Gasteiger partial charge in [-0.15, -0.1) is 0 Å². The van der Waals surface area contributed by atoms with Crippen molar-refractivity contribution in [2.24, 2.45) is 0 Å². The van der Waals surface area contributed by atoms with Gasteiger partial charge in [0.1, 0.15) is 0 Å². The molecule has 0 aromatic heterocycles. The van der Waals surface area contributed by atoms with Crippen molar-refractivity contribution in [1.82, 2.24) is 9.80 Å². The second kappa shape index (κ2) is 7.00. The standard InChI is InChI=1S/C16H25N3O2/c1-13-6-7-14(11-16(13)19(20)21)12-18-9-4-5-15(8-10-18)17(2)3/h6-7,11,15H,4-5,8-10,12H2,1-3H3/t15-/m0/s1. The summed E-state index contributed by atoms with van der Waals surface area (Å²) in [5.74, 6) is 0. The monoisotopic (exact) mass is 291 g/mol. The average molecular weight is 291 g/mol. The van der Waals surface area contributed by atoms with Crippen LogP contribution in [0.3, 0.4) is 0 Å². The van der Waals surface area contributed by atoms with E-state index in [0.29, 0.717) is 6.04 Å². The molecule has 1 atom stereocenters. The number of benzene rings is 1. The Hall–Kier alpha value is -1.46. The molecule has 0 bridgehead atoms. The fourth-order valence-corrected chi connectivity index (χ4v) is 3.02.